The van der Waals surface area contributed by atoms with E-state index in [1.54, 1.807) is 0 Å². The molecule has 2 nitrogen and oxygen atoms in total. The molecule has 1 aliphatic heterocycles. The molecular weight excluding hydrogens is 152 g/mol. The van der Waals surface area contributed by atoms with Gasteiger partial charge >= 0.3 is 5.97 Å². The van der Waals surface area contributed by atoms with Crippen molar-refractivity contribution in [2.24, 2.45) is 17.3 Å². The van der Waals surface area contributed by atoms with Crippen molar-refractivity contribution in [1.82, 2.24) is 0 Å². The van der Waals surface area contributed by atoms with Crippen LogP contribution in [0.15, 0.2) is 0 Å². The van der Waals surface area contributed by atoms with E-state index < -0.39 is 0 Å². The number of hydrogen-bond acceptors (Lipinski definition) is 2. The molecule has 2 atom stereocenters. The molecule has 12 heavy (non-hydrogen) atoms. The van der Waals surface area contributed by atoms with Crippen molar-refractivity contribution in [1.29, 1.82) is 0 Å². The highest BCUT2D eigenvalue weighted by molar-refractivity contribution is 5.70. The van der Waals surface area contributed by atoms with Crippen molar-refractivity contribution in [3.05, 3.63) is 0 Å². The van der Waals surface area contributed by atoms with Gasteiger partial charge in [-0.3, -0.25) is 4.79 Å². The van der Waals surface area contributed by atoms with Crippen LogP contribution in [-0.4, -0.2) is 12.6 Å². The van der Waals surface area contributed by atoms with Gasteiger partial charge in [-0.05, 0) is 30.1 Å². The van der Waals surface area contributed by atoms with Crippen molar-refractivity contribution in [3.8, 4) is 0 Å². The molecule has 1 aliphatic carbocycles. The van der Waals surface area contributed by atoms with Crippen molar-refractivity contribution >= 4 is 5.97 Å². The summed E-state index contributed by atoms with van der Waals surface area (Å²) >= 11 is 0. The number of esters is 1. The van der Waals surface area contributed by atoms with Crippen molar-refractivity contribution < 1.29 is 9.53 Å². The van der Waals surface area contributed by atoms with Gasteiger partial charge in [-0.1, -0.05) is 13.8 Å². The predicted octanol–water partition coefficient (Wildman–Crippen LogP) is 1.99. The van der Waals surface area contributed by atoms with Crippen LogP contribution in [0.2, 0.25) is 0 Å². The molecule has 0 aromatic carbocycles. The lowest BCUT2D eigenvalue weighted by Crippen LogP contribution is -2.21. The van der Waals surface area contributed by atoms with Gasteiger partial charge in [0.25, 0.3) is 0 Å². The second-order valence-corrected chi connectivity index (χ2v) is 4.42. The van der Waals surface area contributed by atoms with E-state index in [-0.39, 0.29) is 5.97 Å². The molecule has 0 amide bonds. The van der Waals surface area contributed by atoms with Gasteiger partial charge < -0.3 is 4.74 Å². The van der Waals surface area contributed by atoms with Crippen LogP contribution in [0.1, 0.15) is 33.1 Å². The molecule has 0 aromatic rings. The summed E-state index contributed by atoms with van der Waals surface area (Å²) in [5.41, 5.74) is 0.464. The molecule has 2 heteroatoms. The first kappa shape index (κ1) is 8.09. The van der Waals surface area contributed by atoms with E-state index in [2.05, 4.69) is 13.8 Å². The number of rotatable bonds is 0. The number of ether oxygens (including phenoxy) is 1. The lowest BCUT2D eigenvalue weighted by atomic mass is 9.79. The fourth-order valence-corrected chi connectivity index (χ4v) is 2.51. The molecule has 1 saturated heterocycles. The van der Waals surface area contributed by atoms with Gasteiger partial charge in [0, 0.05) is 6.42 Å². The first-order chi connectivity index (χ1) is 5.65. The number of carbonyl (C=O) groups excluding carboxylic acids is 1. The van der Waals surface area contributed by atoms with Crippen molar-refractivity contribution in [2.45, 2.75) is 33.1 Å². The molecular formula is C10H16O2. The standard InChI is InChI=1S/C10H16O2/c1-7-5-9(11)12-6-8(2)10(7)3-4-10/h7-8H,3-6H2,1-2H3/t7-,8+/m0/s1. The maximum atomic E-state index is 11.1. The van der Waals surface area contributed by atoms with Crippen LogP contribution in [0.4, 0.5) is 0 Å². The number of carbonyl (C=O) groups is 1. The predicted molar refractivity (Wildman–Crippen MR) is 45.6 cm³/mol. The van der Waals surface area contributed by atoms with Crippen LogP contribution in [0.3, 0.4) is 0 Å². The second-order valence-electron chi connectivity index (χ2n) is 4.42. The third-order valence-corrected chi connectivity index (χ3v) is 3.76. The minimum atomic E-state index is -0.00174. The zero-order valence-corrected chi connectivity index (χ0v) is 7.80. The lowest BCUT2D eigenvalue weighted by Gasteiger charge is -2.24. The minimum Gasteiger partial charge on any atom is -0.465 e. The smallest absolute Gasteiger partial charge is 0.306 e. The molecule has 2 aliphatic rings. The molecule has 0 aromatic heterocycles. The second kappa shape index (κ2) is 2.48. The van der Waals surface area contributed by atoms with E-state index in [1.807, 2.05) is 0 Å². The minimum absolute atomic E-state index is 0.00174. The number of cyclic esters (lactones) is 1. The maximum absolute atomic E-state index is 11.1. The Labute approximate surface area is 73.3 Å². The van der Waals surface area contributed by atoms with E-state index in [1.165, 1.54) is 12.8 Å². The van der Waals surface area contributed by atoms with E-state index in [9.17, 15) is 4.79 Å². The summed E-state index contributed by atoms with van der Waals surface area (Å²) in [6, 6.07) is 0. The van der Waals surface area contributed by atoms with E-state index in [4.69, 9.17) is 4.74 Å². The van der Waals surface area contributed by atoms with Gasteiger partial charge in [0.2, 0.25) is 0 Å². The summed E-state index contributed by atoms with van der Waals surface area (Å²) in [6.45, 7) is 5.04. The molecule has 0 N–H and O–H groups in total. The van der Waals surface area contributed by atoms with Gasteiger partial charge in [0.1, 0.15) is 0 Å². The summed E-state index contributed by atoms with van der Waals surface area (Å²) in [5, 5.41) is 0. The molecule has 2 fully saturated rings. The highest BCUT2D eigenvalue weighted by atomic mass is 16.5. The summed E-state index contributed by atoms with van der Waals surface area (Å²) < 4.78 is 5.12. The largest absolute Gasteiger partial charge is 0.465 e. The van der Waals surface area contributed by atoms with Crippen LogP contribution in [0.5, 0.6) is 0 Å². The molecule has 0 bridgehead atoms. The average Bonchev–Trinajstić information content (AvgIpc) is 2.79. The zero-order valence-electron chi connectivity index (χ0n) is 7.80. The first-order valence-corrected chi connectivity index (χ1v) is 4.81. The van der Waals surface area contributed by atoms with Crippen LogP contribution in [0, 0.1) is 17.3 Å². The Kier molecular flexibility index (Phi) is 1.67. The third-order valence-electron chi connectivity index (χ3n) is 3.76. The average molecular weight is 168 g/mol. The number of hydrogen-bond donors (Lipinski definition) is 0. The Morgan fingerprint density at radius 2 is 2.00 bits per heavy atom. The Balaban J connectivity index is 2.16. The first-order valence-electron chi connectivity index (χ1n) is 4.81. The lowest BCUT2D eigenvalue weighted by molar-refractivity contribution is -0.143. The van der Waals surface area contributed by atoms with Crippen molar-refractivity contribution in [3.63, 3.8) is 0 Å². The maximum Gasteiger partial charge on any atom is 0.306 e. The molecule has 2 rings (SSSR count). The van der Waals surface area contributed by atoms with Gasteiger partial charge in [0.15, 0.2) is 0 Å². The van der Waals surface area contributed by atoms with E-state index in [0.717, 1.165) is 0 Å². The van der Waals surface area contributed by atoms with Crippen LogP contribution < -0.4 is 0 Å². The highest BCUT2D eigenvalue weighted by Crippen LogP contribution is 2.59. The molecule has 1 spiro atoms. The molecule has 0 radical (unpaired) electrons. The summed E-state index contributed by atoms with van der Waals surface area (Å²) in [5.74, 6) is 1.10. The van der Waals surface area contributed by atoms with E-state index in [0.29, 0.717) is 30.3 Å². The monoisotopic (exact) mass is 168 g/mol. The highest BCUT2D eigenvalue weighted by Gasteiger charge is 2.53. The fourth-order valence-electron chi connectivity index (χ4n) is 2.51. The summed E-state index contributed by atoms with van der Waals surface area (Å²) in [6.07, 6.45) is 3.22. The topological polar surface area (TPSA) is 26.3 Å². The van der Waals surface area contributed by atoms with Gasteiger partial charge in [-0.25, -0.2) is 0 Å². The molecule has 68 valence electrons. The van der Waals surface area contributed by atoms with Gasteiger partial charge in [0.05, 0.1) is 6.61 Å². The van der Waals surface area contributed by atoms with Gasteiger partial charge in [-0.2, -0.15) is 0 Å². The quantitative estimate of drug-likeness (QED) is 0.517. The van der Waals surface area contributed by atoms with E-state index >= 15 is 0 Å². The van der Waals surface area contributed by atoms with Gasteiger partial charge in [-0.15, -0.1) is 0 Å². The van der Waals surface area contributed by atoms with Crippen LogP contribution in [-0.2, 0) is 9.53 Å². The Morgan fingerprint density at radius 3 is 2.58 bits per heavy atom. The third kappa shape index (κ3) is 1.05. The SMILES string of the molecule is C[C@@H]1COC(=O)C[C@H](C)C12CC2. The molecule has 1 heterocycles. The van der Waals surface area contributed by atoms with Crippen LogP contribution in [0.25, 0.3) is 0 Å². The van der Waals surface area contributed by atoms with Crippen molar-refractivity contribution in [2.75, 3.05) is 6.61 Å². The Bertz CT molecular complexity index is 206. The normalized spacial score (nSPS) is 39.0. The zero-order chi connectivity index (χ0) is 8.77. The fraction of sp³-hybridized carbons (Fsp3) is 0.900. The summed E-state index contributed by atoms with van der Waals surface area (Å²) in [4.78, 5) is 11.1. The molecule has 0 unspecified atom stereocenters. The Hall–Kier alpha value is -0.530. The Morgan fingerprint density at radius 1 is 1.33 bits per heavy atom. The molecule has 1 saturated carbocycles. The van der Waals surface area contributed by atoms with Crippen LogP contribution >= 0.6 is 0 Å². The summed E-state index contributed by atoms with van der Waals surface area (Å²) in [7, 11) is 0.